The molecule has 1 saturated heterocycles. The summed E-state index contributed by atoms with van der Waals surface area (Å²) in [6, 6.07) is -2.90. The van der Waals surface area contributed by atoms with E-state index in [-0.39, 0.29) is 29.0 Å². The second-order valence-electron chi connectivity index (χ2n) is 7.56. The number of aromatic nitrogens is 3. The summed E-state index contributed by atoms with van der Waals surface area (Å²) >= 11 is 0. The molecule has 9 nitrogen and oxygen atoms in total. The molecule has 0 bridgehead atoms. The van der Waals surface area contributed by atoms with E-state index in [1.807, 2.05) is 0 Å². The third-order valence-electron chi connectivity index (χ3n) is 5.43. The first-order chi connectivity index (χ1) is 19.2. The Bertz CT molecular complexity index is 1580. The molecule has 12 heteroatoms. The van der Waals surface area contributed by atoms with Gasteiger partial charge in [-0.15, -0.1) is 0 Å². The molecule has 2 fully saturated rings. The minimum atomic E-state index is -5.12. The van der Waals surface area contributed by atoms with Gasteiger partial charge in [-0.05, 0) is 44.9 Å². The third-order valence-corrected chi connectivity index (χ3v) is 6.37. The fourth-order valence-corrected chi connectivity index (χ4v) is 4.33. The van der Waals surface area contributed by atoms with Gasteiger partial charge in [0.25, 0.3) is 12.0 Å². The zero-order chi connectivity index (χ0) is 32.8. The Kier molecular flexibility index (Phi) is 3.35. The van der Waals surface area contributed by atoms with E-state index >= 15 is 0 Å². The molecule has 32 heavy (non-hydrogen) atoms. The van der Waals surface area contributed by atoms with Crippen LogP contribution in [0.25, 0.3) is 11.0 Å². The number of alkyl halides is 2. The van der Waals surface area contributed by atoms with E-state index in [9.17, 15) is 27.1 Å². The molecule has 1 saturated carbocycles. The van der Waals surface area contributed by atoms with Crippen molar-refractivity contribution in [2.45, 2.75) is 62.9 Å². The van der Waals surface area contributed by atoms with Gasteiger partial charge in [-0.2, -0.15) is 4.98 Å². The number of sulfonamides is 1. The standard InChI is InChI=1S/C20H27F2N5O4S/c1-20(29)7-3-4-15(20)27-17-12(10-14(16(21)22)18(27)28)11-23-19(25-17)24-13-5-8-26(9-6-13)32(2,30)31/h10-11,13,15-16,29H,3-9H2,1-2H3,(H,23,24,25)/t15-,20-/m0/s1/i1D3,2D3,5D2,6D2,16D. The van der Waals surface area contributed by atoms with Gasteiger partial charge in [0.2, 0.25) is 16.0 Å². The monoisotopic (exact) mass is 482 g/mol. The van der Waals surface area contributed by atoms with Gasteiger partial charge in [-0.25, -0.2) is 26.5 Å². The van der Waals surface area contributed by atoms with Crippen LogP contribution in [0.15, 0.2) is 17.1 Å². The molecule has 4 rings (SSSR count). The molecule has 0 unspecified atom stereocenters. The van der Waals surface area contributed by atoms with Crippen molar-refractivity contribution in [2.24, 2.45) is 0 Å². The Morgan fingerprint density at radius 1 is 1.44 bits per heavy atom. The summed E-state index contributed by atoms with van der Waals surface area (Å²) in [5.74, 6) is -0.577. The zero-order valence-electron chi connectivity index (χ0n) is 27.5. The van der Waals surface area contributed by atoms with Gasteiger partial charge < -0.3 is 10.4 Å². The van der Waals surface area contributed by atoms with E-state index in [2.05, 4.69) is 15.3 Å². The van der Waals surface area contributed by atoms with Gasteiger partial charge in [0.05, 0.1) is 23.4 Å². The molecule has 176 valence electrons. The lowest BCUT2D eigenvalue weighted by atomic mass is 9.99. The number of rotatable bonds is 5. The van der Waals surface area contributed by atoms with E-state index in [0.29, 0.717) is 10.6 Å². The lowest BCUT2D eigenvalue weighted by Crippen LogP contribution is -2.42. The molecular weight excluding hydrogens is 444 g/mol. The van der Waals surface area contributed by atoms with Crippen LogP contribution in [0.1, 0.15) is 71.9 Å². The minimum absolute atomic E-state index is 0.0866. The molecule has 2 aromatic rings. The van der Waals surface area contributed by atoms with Gasteiger partial charge in [0.15, 0.2) is 0 Å². The van der Waals surface area contributed by atoms with Crippen molar-refractivity contribution in [1.29, 1.82) is 0 Å². The van der Waals surface area contributed by atoms with Crippen LogP contribution in [-0.2, 0) is 10.0 Å². The molecule has 1 aliphatic carbocycles. The molecule has 2 N–H and O–H groups in total. The highest BCUT2D eigenvalue weighted by atomic mass is 32.2. The number of nitrogens with zero attached hydrogens (tertiary/aromatic N) is 4. The Morgan fingerprint density at radius 2 is 2.19 bits per heavy atom. The van der Waals surface area contributed by atoms with Crippen LogP contribution in [0.4, 0.5) is 14.7 Å². The molecule has 3 heterocycles. The number of halogens is 2. The summed E-state index contributed by atoms with van der Waals surface area (Å²) in [5, 5.41) is 13.2. The number of fused-ring (bicyclic) bond motifs is 1. The van der Waals surface area contributed by atoms with Crippen molar-refractivity contribution >= 4 is 27.0 Å². The maximum Gasteiger partial charge on any atom is 0.269 e. The number of nitrogens with one attached hydrogen (secondary N) is 1. The maximum absolute atomic E-state index is 14.1. The van der Waals surface area contributed by atoms with Crippen molar-refractivity contribution < 1.29 is 37.4 Å². The molecule has 2 aliphatic rings. The van der Waals surface area contributed by atoms with Crippen molar-refractivity contribution in [3.63, 3.8) is 0 Å². The van der Waals surface area contributed by atoms with Crippen molar-refractivity contribution in [3.8, 4) is 0 Å². The van der Waals surface area contributed by atoms with Gasteiger partial charge in [-0.3, -0.25) is 9.36 Å². The van der Waals surface area contributed by atoms with Crippen LogP contribution in [0.3, 0.4) is 0 Å². The van der Waals surface area contributed by atoms with Crippen molar-refractivity contribution in [1.82, 2.24) is 18.8 Å². The second-order valence-corrected chi connectivity index (χ2v) is 9.02. The van der Waals surface area contributed by atoms with E-state index in [4.69, 9.17) is 15.1 Å². The molecular formula is C20H27F2N5O4S. The summed E-state index contributed by atoms with van der Waals surface area (Å²) in [7, 11) is -5.12. The van der Waals surface area contributed by atoms with Crippen LogP contribution in [-0.4, -0.2) is 63.3 Å². The summed E-state index contributed by atoms with van der Waals surface area (Å²) in [5.41, 5.74) is -5.89. The lowest BCUT2D eigenvalue weighted by molar-refractivity contribution is 0.0261. The van der Waals surface area contributed by atoms with Crippen molar-refractivity contribution in [2.75, 3.05) is 24.6 Å². The highest BCUT2D eigenvalue weighted by molar-refractivity contribution is 7.88. The number of pyridine rings is 1. The average molecular weight is 483 g/mol. The molecule has 0 aromatic carbocycles. The average Bonchev–Trinajstić information content (AvgIpc) is 3.21. The van der Waals surface area contributed by atoms with Crippen LogP contribution < -0.4 is 10.9 Å². The summed E-state index contributed by atoms with van der Waals surface area (Å²) in [6.07, 6.45) is -13.1. The highest BCUT2D eigenvalue weighted by Crippen LogP contribution is 2.39. The maximum atomic E-state index is 14.1. The summed E-state index contributed by atoms with van der Waals surface area (Å²) < 4.78 is 140. The van der Waals surface area contributed by atoms with Crippen LogP contribution in [0, 0.1) is 0 Å². The van der Waals surface area contributed by atoms with Gasteiger partial charge in [-0.1, -0.05) is 0 Å². The van der Waals surface area contributed by atoms with Crippen molar-refractivity contribution in [3.05, 3.63) is 28.2 Å². The SMILES string of the molecule is [2H]C(F)(F)c1cc2cnc(NC3C([2H])([2H])CN(S(=O)(=O)C([2H])([2H])[2H])CC3([2H])[2H])nc2n([C@H]2CCC[C@@]2(O)C([2H])([2H])[2H])c1=O. The third kappa shape index (κ3) is 4.35. The summed E-state index contributed by atoms with van der Waals surface area (Å²) in [6.45, 7) is -5.21. The fraction of sp³-hybridized carbons (Fsp3) is 0.650. The molecule has 0 spiro atoms. The topological polar surface area (TPSA) is 117 Å². The minimum Gasteiger partial charge on any atom is -0.388 e. The van der Waals surface area contributed by atoms with Gasteiger partial charge in [0.1, 0.15) is 7.02 Å². The van der Waals surface area contributed by atoms with E-state index in [0.717, 1.165) is 6.20 Å². The Balaban J connectivity index is 1.84. The quantitative estimate of drug-likeness (QED) is 0.670. The molecule has 0 amide bonds. The number of hydrogen-bond donors (Lipinski definition) is 2. The van der Waals surface area contributed by atoms with E-state index in [1.54, 1.807) is 0 Å². The van der Waals surface area contributed by atoms with Gasteiger partial charge >= 0.3 is 0 Å². The summed E-state index contributed by atoms with van der Waals surface area (Å²) in [4.78, 5) is 21.2. The first-order valence-corrected chi connectivity index (χ1v) is 11.0. The van der Waals surface area contributed by atoms with E-state index < -0.39 is 95.7 Å². The molecule has 1 aliphatic heterocycles. The first kappa shape index (κ1) is 12.9. The van der Waals surface area contributed by atoms with Crippen LogP contribution >= 0.6 is 0 Å². The molecule has 2 atom stereocenters. The number of piperidine rings is 1. The molecule has 0 radical (unpaired) electrons. The molecule has 2 aromatic heterocycles. The number of hydrogen-bond acceptors (Lipinski definition) is 7. The smallest absolute Gasteiger partial charge is 0.269 e. The lowest BCUT2D eigenvalue weighted by Gasteiger charge is -2.31. The Morgan fingerprint density at radius 3 is 2.84 bits per heavy atom. The second kappa shape index (κ2) is 8.31. The van der Waals surface area contributed by atoms with Gasteiger partial charge in [0, 0.05) is 44.4 Å². The number of anilines is 1. The Labute approximate surface area is 200 Å². The normalized spacial score (nSPS) is 35.0. The Hall–Kier alpha value is -2.18. The van der Waals surface area contributed by atoms with E-state index in [1.165, 1.54) is 0 Å². The predicted molar refractivity (Wildman–Crippen MR) is 115 cm³/mol. The van der Waals surface area contributed by atoms with Crippen LogP contribution in [0.5, 0.6) is 0 Å². The van der Waals surface area contributed by atoms with Crippen LogP contribution in [0.2, 0.25) is 0 Å². The highest BCUT2D eigenvalue weighted by Gasteiger charge is 2.40. The fourth-order valence-electron chi connectivity index (χ4n) is 3.84. The number of aliphatic hydroxyl groups is 1. The first-order valence-electron chi connectivity index (χ1n) is 15.0. The predicted octanol–water partition coefficient (Wildman–Crippen LogP) is 2.04. The zero-order valence-corrected chi connectivity index (χ0v) is 17.3. The largest absolute Gasteiger partial charge is 0.388 e.